The normalized spacial score (nSPS) is 15.9. The van der Waals surface area contributed by atoms with Crippen LogP contribution in [0.3, 0.4) is 0 Å². The molecule has 1 aliphatic rings. The zero-order chi connectivity index (χ0) is 15.0. The third-order valence-electron chi connectivity index (χ3n) is 4.27. The highest BCUT2D eigenvalue weighted by molar-refractivity contribution is 6.96. The summed E-state index contributed by atoms with van der Waals surface area (Å²) in [5, 5.41) is 3.05. The highest BCUT2D eigenvalue weighted by atomic mass is 28.3. The zero-order valence-electron chi connectivity index (χ0n) is 13.6. The predicted molar refractivity (Wildman–Crippen MR) is 90.3 cm³/mol. The van der Waals surface area contributed by atoms with Crippen molar-refractivity contribution in [1.82, 2.24) is 0 Å². The minimum atomic E-state index is -1.69. The Hall–Kier alpha value is -1.28. The maximum atomic E-state index is 5.60. The van der Waals surface area contributed by atoms with Gasteiger partial charge in [-0.1, -0.05) is 69.4 Å². The average Bonchev–Trinajstić information content (AvgIpc) is 2.88. The summed E-state index contributed by atoms with van der Waals surface area (Å²) >= 11 is 0. The van der Waals surface area contributed by atoms with Crippen molar-refractivity contribution in [3.05, 3.63) is 47.2 Å². The molecule has 0 saturated carbocycles. The number of methoxy groups -OCH3 is 1. The number of para-hydroxylation sites is 1. The molecule has 0 aliphatic heterocycles. The standard InChI is InChI=1S/C18H26OSi/c1-18(2,3)14-10-9-13-16(14)20(5,6)17-12-8-7-11-15(17)19-4/h7-12H,13H2,1-6H3. The number of rotatable bonds is 3. The zero-order valence-corrected chi connectivity index (χ0v) is 14.6. The van der Waals surface area contributed by atoms with Gasteiger partial charge in [0.25, 0.3) is 0 Å². The lowest BCUT2D eigenvalue weighted by Gasteiger charge is -2.32. The molecule has 0 unspecified atom stereocenters. The molecule has 2 heteroatoms. The molecule has 1 nitrogen and oxygen atoms in total. The predicted octanol–water partition coefficient (Wildman–Crippen LogP) is 4.45. The van der Waals surface area contributed by atoms with Gasteiger partial charge in [-0.15, -0.1) is 0 Å². The molecule has 1 aromatic carbocycles. The van der Waals surface area contributed by atoms with Gasteiger partial charge in [-0.25, -0.2) is 0 Å². The Morgan fingerprint density at radius 2 is 1.75 bits per heavy atom. The molecule has 0 spiro atoms. The quantitative estimate of drug-likeness (QED) is 0.746. The Kier molecular flexibility index (Phi) is 3.97. The molecule has 2 rings (SSSR count). The highest BCUT2D eigenvalue weighted by Crippen LogP contribution is 2.39. The van der Waals surface area contributed by atoms with E-state index in [1.807, 2.05) is 0 Å². The second kappa shape index (κ2) is 5.25. The molecule has 20 heavy (non-hydrogen) atoms. The second-order valence-corrected chi connectivity index (χ2v) is 11.5. The first kappa shape index (κ1) is 15.1. The fourth-order valence-electron chi connectivity index (χ4n) is 3.12. The largest absolute Gasteiger partial charge is 0.497 e. The van der Waals surface area contributed by atoms with Crippen LogP contribution >= 0.6 is 0 Å². The molecular formula is C18H26OSi. The van der Waals surface area contributed by atoms with E-state index >= 15 is 0 Å². The number of hydrogen-bond donors (Lipinski definition) is 0. The van der Waals surface area contributed by atoms with Crippen LogP contribution < -0.4 is 9.92 Å². The van der Waals surface area contributed by atoms with Crippen LogP contribution in [-0.2, 0) is 0 Å². The summed E-state index contributed by atoms with van der Waals surface area (Å²) in [7, 11) is 0.0804. The van der Waals surface area contributed by atoms with Crippen LogP contribution in [0.4, 0.5) is 0 Å². The van der Waals surface area contributed by atoms with E-state index in [0.717, 1.165) is 12.2 Å². The van der Waals surface area contributed by atoms with E-state index in [-0.39, 0.29) is 5.41 Å². The molecule has 0 aromatic heterocycles. The molecule has 0 bridgehead atoms. The van der Waals surface area contributed by atoms with E-state index in [1.165, 1.54) is 10.8 Å². The fourth-order valence-corrected chi connectivity index (χ4v) is 6.52. The maximum absolute atomic E-state index is 5.60. The van der Waals surface area contributed by atoms with Gasteiger partial charge < -0.3 is 4.74 Å². The van der Waals surface area contributed by atoms with Crippen LogP contribution in [0, 0.1) is 5.41 Å². The van der Waals surface area contributed by atoms with E-state index in [1.54, 1.807) is 12.3 Å². The molecule has 0 radical (unpaired) electrons. The van der Waals surface area contributed by atoms with Gasteiger partial charge in [0.15, 0.2) is 0 Å². The molecule has 0 N–H and O–H groups in total. The summed E-state index contributed by atoms with van der Waals surface area (Å²) < 4.78 is 5.60. The van der Waals surface area contributed by atoms with Gasteiger partial charge in [-0.2, -0.15) is 0 Å². The van der Waals surface area contributed by atoms with E-state index in [2.05, 4.69) is 70.3 Å². The molecule has 0 saturated heterocycles. The van der Waals surface area contributed by atoms with Gasteiger partial charge in [-0.05, 0) is 28.7 Å². The monoisotopic (exact) mass is 286 g/mol. The van der Waals surface area contributed by atoms with Crippen molar-refractivity contribution in [3.63, 3.8) is 0 Å². The van der Waals surface area contributed by atoms with Gasteiger partial charge in [0, 0.05) is 0 Å². The van der Waals surface area contributed by atoms with Crippen molar-refractivity contribution in [1.29, 1.82) is 0 Å². The summed E-state index contributed by atoms with van der Waals surface area (Å²) in [6.07, 6.45) is 5.75. The summed E-state index contributed by atoms with van der Waals surface area (Å²) in [5.74, 6) is 1.04. The van der Waals surface area contributed by atoms with E-state index in [9.17, 15) is 0 Å². The summed E-state index contributed by atoms with van der Waals surface area (Å²) in [6, 6.07) is 8.52. The van der Waals surface area contributed by atoms with Crippen LogP contribution in [-0.4, -0.2) is 15.2 Å². The first-order valence-electron chi connectivity index (χ1n) is 7.32. The highest BCUT2D eigenvalue weighted by Gasteiger charge is 2.36. The van der Waals surface area contributed by atoms with E-state index in [0.29, 0.717) is 0 Å². The number of benzene rings is 1. The lowest BCUT2D eigenvalue weighted by molar-refractivity contribution is 0.418. The van der Waals surface area contributed by atoms with Gasteiger partial charge in [0.1, 0.15) is 13.8 Å². The molecule has 0 atom stereocenters. The minimum Gasteiger partial charge on any atom is -0.497 e. The van der Waals surface area contributed by atoms with Crippen LogP contribution in [0.1, 0.15) is 27.2 Å². The molecule has 1 aromatic rings. The van der Waals surface area contributed by atoms with Gasteiger partial charge in [0.05, 0.1) is 7.11 Å². The van der Waals surface area contributed by atoms with E-state index < -0.39 is 8.07 Å². The number of hydrogen-bond acceptors (Lipinski definition) is 1. The summed E-state index contributed by atoms with van der Waals surface area (Å²) in [4.78, 5) is 0. The second-order valence-electron chi connectivity index (χ2n) is 7.07. The van der Waals surface area contributed by atoms with Crippen molar-refractivity contribution in [2.45, 2.75) is 40.3 Å². The minimum absolute atomic E-state index is 0.217. The SMILES string of the molecule is COc1ccccc1[Si](C)(C)C1=C(C(C)(C)C)C=CC1. The first-order chi connectivity index (χ1) is 9.28. The Balaban J connectivity index is 2.55. The van der Waals surface area contributed by atoms with Crippen LogP contribution in [0.5, 0.6) is 5.75 Å². The average molecular weight is 286 g/mol. The summed E-state index contributed by atoms with van der Waals surface area (Å²) in [5.41, 5.74) is 1.74. The smallest absolute Gasteiger partial charge is 0.118 e. The lowest BCUT2D eigenvalue weighted by Crippen LogP contribution is -2.45. The third kappa shape index (κ3) is 2.62. The number of allylic oxidation sites excluding steroid dienone is 4. The Morgan fingerprint density at radius 3 is 2.35 bits per heavy atom. The Morgan fingerprint density at radius 1 is 1.10 bits per heavy atom. The Bertz CT molecular complexity index is 559. The van der Waals surface area contributed by atoms with Crippen LogP contribution in [0.25, 0.3) is 0 Å². The van der Waals surface area contributed by atoms with Crippen LogP contribution in [0.2, 0.25) is 13.1 Å². The molecular weight excluding hydrogens is 260 g/mol. The number of ether oxygens (including phenoxy) is 1. The first-order valence-corrected chi connectivity index (χ1v) is 10.3. The van der Waals surface area contributed by atoms with Gasteiger partial charge in [-0.3, -0.25) is 0 Å². The van der Waals surface area contributed by atoms with Gasteiger partial charge >= 0.3 is 0 Å². The summed E-state index contributed by atoms with van der Waals surface area (Å²) in [6.45, 7) is 11.8. The lowest BCUT2D eigenvalue weighted by atomic mass is 9.87. The van der Waals surface area contributed by atoms with Crippen molar-refractivity contribution in [2.24, 2.45) is 5.41 Å². The topological polar surface area (TPSA) is 9.23 Å². The van der Waals surface area contributed by atoms with Crippen molar-refractivity contribution in [2.75, 3.05) is 7.11 Å². The van der Waals surface area contributed by atoms with E-state index in [4.69, 9.17) is 4.74 Å². The molecule has 1 aliphatic carbocycles. The molecule has 0 amide bonds. The molecule has 108 valence electrons. The van der Waals surface area contributed by atoms with Crippen molar-refractivity contribution >= 4 is 13.3 Å². The maximum Gasteiger partial charge on any atom is 0.118 e. The third-order valence-corrected chi connectivity index (χ3v) is 8.02. The van der Waals surface area contributed by atoms with Crippen molar-refractivity contribution < 1.29 is 4.74 Å². The van der Waals surface area contributed by atoms with Crippen molar-refractivity contribution in [3.8, 4) is 5.75 Å². The molecule has 0 heterocycles. The van der Waals surface area contributed by atoms with Gasteiger partial charge in [0.2, 0.25) is 0 Å². The molecule has 0 fully saturated rings. The van der Waals surface area contributed by atoms with Crippen LogP contribution in [0.15, 0.2) is 47.2 Å². The fraction of sp³-hybridized carbons (Fsp3) is 0.444. The Labute approximate surface area is 124 Å².